The number of benzene rings is 2. The molecular formula is C22H24N2O6. The number of rotatable bonds is 11. The number of non-ortho nitro benzene ring substituents is 1. The number of nitrogens with one attached hydrogen (secondary N) is 1. The molecule has 0 unspecified atom stereocenters. The first-order valence-electron chi connectivity index (χ1n) is 9.52. The number of ether oxygens (including phenoxy) is 2. The average Bonchev–Trinajstić information content (AvgIpc) is 2.73. The maximum atomic E-state index is 12.2. The molecule has 0 atom stereocenters. The van der Waals surface area contributed by atoms with Gasteiger partial charge in [-0.2, -0.15) is 0 Å². The van der Waals surface area contributed by atoms with E-state index in [2.05, 4.69) is 11.9 Å². The highest BCUT2D eigenvalue weighted by Gasteiger charge is 2.13. The number of amides is 1. The standard InChI is InChI=1S/C22H24N2O6/c1-3-5-13-29-22(26)16-7-9-18(10-8-16)23-21(25)15-30-20-12-11-19(24(27)28)14-17(20)6-4-2/h4,7-12,14H,2-3,5-6,13,15H2,1H3,(H,23,25). The SMILES string of the molecule is C=CCc1cc([N+](=O)[O-])ccc1OCC(=O)Nc1ccc(C(=O)OCCCC)cc1. The fraction of sp³-hybridized carbons (Fsp3) is 0.273. The van der Waals surface area contributed by atoms with Crippen molar-refractivity contribution in [2.45, 2.75) is 26.2 Å². The van der Waals surface area contributed by atoms with Crippen molar-refractivity contribution in [3.8, 4) is 5.75 Å². The van der Waals surface area contributed by atoms with Crippen molar-refractivity contribution in [1.82, 2.24) is 0 Å². The molecule has 0 aliphatic rings. The molecule has 0 heterocycles. The Hall–Kier alpha value is -3.68. The molecule has 0 saturated heterocycles. The van der Waals surface area contributed by atoms with Gasteiger partial charge < -0.3 is 14.8 Å². The van der Waals surface area contributed by atoms with E-state index in [-0.39, 0.29) is 12.3 Å². The van der Waals surface area contributed by atoms with Crippen LogP contribution in [0.1, 0.15) is 35.7 Å². The number of nitro groups is 1. The zero-order chi connectivity index (χ0) is 21.9. The van der Waals surface area contributed by atoms with Crippen LogP contribution in [0, 0.1) is 10.1 Å². The molecule has 8 heteroatoms. The van der Waals surface area contributed by atoms with Gasteiger partial charge in [-0.05, 0) is 43.2 Å². The van der Waals surface area contributed by atoms with Gasteiger partial charge in [0.25, 0.3) is 11.6 Å². The van der Waals surface area contributed by atoms with Crippen molar-refractivity contribution >= 4 is 23.3 Å². The second-order valence-corrected chi connectivity index (χ2v) is 6.45. The summed E-state index contributed by atoms with van der Waals surface area (Å²) >= 11 is 0. The molecule has 0 aliphatic carbocycles. The number of hydrogen-bond acceptors (Lipinski definition) is 6. The lowest BCUT2D eigenvalue weighted by Gasteiger charge is -2.11. The van der Waals surface area contributed by atoms with Crippen LogP contribution in [0.4, 0.5) is 11.4 Å². The van der Waals surface area contributed by atoms with Crippen LogP contribution in [0.5, 0.6) is 5.75 Å². The van der Waals surface area contributed by atoms with Gasteiger partial charge in [0.1, 0.15) is 5.75 Å². The quantitative estimate of drug-likeness (QED) is 0.194. The Kier molecular flexibility index (Phi) is 8.56. The van der Waals surface area contributed by atoms with Crippen LogP contribution < -0.4 is 10.1 Å². The molecule has 0 radical (unpaired) electrons. The highest BCUT2D eigenvalue weighted by atomic mass is 16.6. The van der Waals surface area contributed by atoms with Crippen molar-refractivity contribution in [2.24, 2.45) is 0 Å². The van der Waals surface area contributed by atoms with Crippen LogP contribution >= 0.6 is 0 Å². The molecule has 0 aromatic heterocycles. The van der Waals surface area contributed by atoms with Crippen molar-refractivity contribution in [2.75, 3.05) is 18.5 Å². The van der Waals surface area contributed by atoms with Crippen LogP contribution in [0.2, 0.25) is 0 Å². The molecule has 0 saturated carbocycles. The molecule has 0 bridgehead atoms. The van der Waals surface area contributed by atoms with Crippen molar-refractivity contribution in [1.29, 1.82) is 0 Å². The number of anilines is 1. The lowest BCUT2D eigenvalue weighted by molar-refractivity contribution is -0.384. The van der Waals surface area contributed by atoms with E-state index in [1.54, 1.807) is 30.3 Å². The maximum absolute atomic E-state index is 12.2. The minimum Gasteiger partial charge on any atom is -0.483 e. The summed E-state index contributed by atoms with van der Waals surface area (Å²) < 4.78 is 10.7. The maximum Gasteiger partial charge on any atom is 0.338 e. The Labute approximate surface area is 174 Å². The van der Waals surface area contributed by atoms with E-state index in [4.69, 9.17) is 9.47 Å². The minimum absolute atomic E-state index is 0.0584. The van der Waals surface area contributed by atoms with Gasteiger partial charge in [-0.1, -0.05) is 19.4 Å². The number of nitrogens with zero attached hydrogens (tertiary/aromatic N) is 1. The molecule has 2 aromatic carbocycles. The molecule has 1 N–H and O–H groups in total. The average molecular weight is 412 g/mol. The van der Waals surface area contributed by atoms with E-state index in [9.17, 15) is 19.7 Å². The zero-order valence-electron chi connectivity index (χ0n) is 16.8. The number of carbonyl (C=O) groups excluding carboxylic acids is 2. The fourth-order valence-electron chi connectivity index (χ4n) is 2.56. The first kappa shape index (κ1) is 22.6. The lowest BCUT2D eigenvalue weighted by atomic mass is 10.1. The molecule has 2 aromatic rings. The van der Waals surface area contributed by atoms with Gasteiger partial charge in [-0.3, -0.25) is 14.9 Å². The number of nitro benzene ring substituents is 1. The molecule has 8 nitrogen and oxygen atoms in total. The molecule has 2 rings (SSSR count). The Morgan fingerprint density at radius 1 is 1.20 bits per heavy atom. The Morgan fingerprint density at radius 2 is 1.93 bits per heavy atom. The highest BCUT2D eigenvalue weighted by molar-refractivity contribution is 5.93. The van der Waals surface area contributed by atoms with Crippen molar-refractivity contribution in [3.05, 3.63) is 76.4 Å². The van der Waals surface area contributed by atoms with Crippen LogP contribution in [0.25, 0.3) is 0 Å². The van der Waals surface area contributed by atoms with Gasteiger partial charge in [0.05, 0.1) is 17.1 Å². The van der Waals surface area contributed by atoms with Crippen molar-refractivity contribution < 1.29 is 24.0 Å². The summed E-state index contributed by atoms with van der Waals surface area (Å²) in [7, 11) is 0. The van der Waals surface area contributed by atoms with E-state index < -0.39 is 16.8 Å². The van der Waals surface area contributed by atoms with E-state index in [0.717, 1.165) is 12.8 Å². The van der Waals surface area contributed by atoms with E-state index in [1.165, 1.54) is 18.2 Å². The highest BCUT2D eigenvalue weighted by Crippen LogP contribution is 2.25. The summed E-state index contributed by atoms with van der Waals surface area (Å²) in [6.45, 7) is 5.74. The molecular weight excluding hydrogens is 388 g/mol. The molecule has 30 heavy (non-hydrogen) atoms. The smallest absolute Gasteiger partial charge is 0.338 e. The number of carbonyl (C=O) groups is 2. The summed E-state index contributed by atoms with van der Waals surface area (Å²) in [6.07, 6.45) is 3.72. The van der Waals surface area contributed by atoms with Gasteiger partial charge in [0, 0.05) is 23.4 Å². The topological polar surface area (TPSA) is 108 Å². The number of allylic oxidation sites excluding steroid dienone is 1. The van der Waals surface area contributed by atoms with Gasteiger partial charge in [-0.25, -0.2) is 4.79 Å². The molecule has 0 aliphatic heterocycles. The summed E-state index contributed by atoms with van der Waals surface area (Å²) in [5, 5.41) is 13.6. The zero-order valence-corrected chi connectivity index (χ0v) is 16.8. The van der Waals surface area contributed by atoms with Crippen LogP contribution in [0.15, 0.2) is 55.1 Å². The number of hydrogen-bond donors (Lipinski definition) is 1. The molecule has 0 fully saturated rings. The van der Waals surface area contributed by atoms with E-state index in [0.29, 0.717) is 35.6 Å². The van der Waals surface area contributed by atoms with Crippen LogP contribution in [0.3, 0.4) is 0 Å². The second-order valence-electron chi connectivity index (χ2n) is 6.45. The predicted octanol–water partition coefficient (Wildman–Crippen LogP) is 4.30. The van der Waals surface area contributed by atoms with Gasteiger partial charge >= 0.3 is 5.97 Å². The van der Waals surface area contributed by atoms with Gasteiger partial charge in [-0.15, -0.1) is 6.58 Å². The predicted molar refractivity (Wildman–Crippen MR) is 113 cm³/mol. The third-order valence-electron chi connectivity index (χ3n) is 4.11. The summed E-state index contributed by atoms with van der Waals surface area (Å²) in [5.74, 6) is -0.436. The van der Waals surface area contributed by atoms with Gasteiger partial charge in [0.2, 0.25) is 0 Å². The number of unbranched alkanes of at least 4 members (excludes halogenated alkanes) is 1. The summed E-state index contributed by atoms with van der Waals surface area (Å²) in [4.78, 5) is 34.5. The first-order chi connectivity index (χ1) is 14.4. The third-order valence-corrected chi connectivity index (χ3v) is 4.11. The molecule has 0 spiro atoms. The first-order valence-corrected chi connectivity index (χ1v) is 9.52. The Balaban J connectivity index is 1.92. The molecule has 158 valence electrons. The van der Waals surface area contributed by atoms with E-state index >= 15 is 0 Å². The minimum atomic E-state index is -0.494. The Bertz CT molecular complexity index is 908. The molecule has 1 amide bonds. The lowest BCUT2D eigenvalue weighted by Crippen LogP contribution is -2.20. The summed E-state index contributed by atoms with van der Waals surface area (Å²) in [6, 6.07) is 10.5. The number of esters is 1. The van der Waals surface area contributed by atoms with Crippen molar-refractivity contribution in [3.63, 3.8) is 0 Å². The Morgan fingerprint density at radius 3 is 2.57 bits per heavy atom. The second kappa shape index (κ2) is 11.4. The van der Waals surface area contributed by atoms with E-state index in [1.807, 2.05) is 6.92 Å². The summed E-state index contributed by atoms with van der Waals surface area (Å²) in [5.41, 5.74) is 1.42. The normalized spacial score (nSPS) is 10.2. The third kappa shape index (κ3) is 6.73. The largest absolute Gasteiger partial charge is 0.483 e. The van der Waals surface area contributed by atoms with Crippen LogP contribution in [-0.4, -0.2) is 30.0 Å². The van der Waals surface area contributed by atoms with Crippen LogP contribution in [-0.2, 0) is 16.0 Å². The fourth-order valence-corrected chi connectivity index (χ4v) is 2.56. The van der Waals surface area contributed by atoms with Gasteiger partial charge in [0.15, 0.2) is 6.61 Å². The monoisotopic (exact) mass is 412 g/mol.